The normalized spacial score (nSPS) is 12.7. The minimum absolute atomic E-state index is 0.0895. The van der Waals surface area contributed by atoms with E-state index in [0.29, 0.717) is 18.2 Å². The Morgan fingerprint density at radius 3 is 2.65 bits per heavy atom. The van der Waals surface area contributed by atoms with E-state index in [0.717, 1.165) is 51.6 Å². The number of carbonyl (C=O) groups excluding carboxylic acids is 1. The Bertz CT molecular complexity index is 1200. The van der Waals surface area contributed by atoms with Crippen molar-refractivity contribution in [2.75, 3.05) is 18.5 Å². The standard InChI is InChI=1S/C23H22N4O3S/c1-2-29-15-10-12-16(13-11-15)30-14-21(28)25-22-17-6-5-8-18(17)26-27(22)23-24-19-7-3-4-9-20(19)31-23/h3-4,7,9-13H,2,5-6,8,14H2,1H3,(H,25,28). The van der Waals surface area contributed by atoms with E-state index in [2.05, 4.69) is 5.32 Å². The zero-order valence-corrected chi connectivity index (χ0v) is 17.9. The van der Waals surface area contributed by atoms with Gasteiger partial charge in [-0.05, 0) is 62.6 Å². The van der Waals surface area contributed by atoms with Gasteiger partial charge in [-0.15, -0.1) is 0 Å². The molecule has 2 aromatic carbocycles. The molecule has 2 heterocycles. The predicted molar refractivity (Wildman–Crippen MR) is 121 cm³/mol. The maximum atomic E-state index is 12.7. The van der Waals surface area contributed by atoms with Crippen molar-refractivity contribution in [3.8, 4) is 16.6 Å². The third-order valence-corrected chi connectivity index (χ3v) is 6.15. The van der Waals surface area contributed by atoms with Crippen LogP contribution in [0.15, 0.2) is 48.5 Å². The molecule has 1 aliphatic rings. The molecule has 8 heteroatoms. The van der Waals surface area contributed by atoms with Crippen molar-refractivity contribution in [3.05, 3.63) is 59.8 Å². The minimum atomic E-state index is -0.231. The van der Waals surface area contributed by atoms with E-state index in [1.807, 2.05) is 43.3 Å². The summed E-state index contributed by atoms with van der Waals surface area (Å²) in [6.45, 7) is 2.45. The molecule has 0 unspecified atom stereocenters. The number of anilines is 1. The first-order valence-electron chi connectivity index (χ1n) is 10.3. The Morgan fingerprint density at radius 2 is 1.87 bits per heavy atom. The summed E-state index contributed by atoms with van der Waals surface area (Å²) in [5.41, 5.74) is 3.05. The fourth-order valence-corrected chi connectivity index (χ4v) is 4.65. The quantitative estimate of drug-likeness (QED) is 0.467. The van der Waals surface area contributed by atoms with Gasteiger partial charge in [0.15, 0.2) is 6.61 Å². The molecule has 0 radical (unpaired) electrons. The van der Waals surface area contributed by atoms with Crippen molar-refractivity contribution in [1.82, 2.24) is 14.8 Å². The van der Waals surface area contributed by atoms with E-state index in [1.54, 1.807) is 28.2 Å². The molecule has 0 aliphatic heterocycles. The largest absolute Gasteiger partial charge is 0.494 e. The van der Waals surface area contributed by atoms with Crippen molar-refractivity contribution in [2.24, 2.45) is 0 Å². The van der Waals surface area contributed by atoms with Gasteiger partial charge in [0.05, 0.1) is 22.5 Å². The molecule has 1 aliphatic carbocycles. The van der Waals surface area contributed by atoms with Crippen LogP contribution in [0.2, 0.25) is 0 Å². The molecule has 0 spiro atoms. The van der Waals surface area contributed by atoms with Crippen LogP contribution in [0.1, 0.15) is 24.6 Å². The third kappa shape index (κ3) is 3.98. The molecule has 4 aromatic rings. The second-order valence-electron chi connectivity index (χ2n) is 7.24. The van der Waals surface area contributed by atoms with E-state index >= 15 is 0 Å². The Kier molecular flexibility index (Phi) is 5.30. The Morgan fingerprint density at radius 1 is 1.10 bits per heavy atom. The average Bonchev–Trinajstić information content (AvgIpc) is 3.48. The minimum Gasteiger partial charge on any atom is -0.494 e. The first kappa shape index (κ1) is 19.6. The fraction of sp³-hybridized carbons (Fsp3) is 0.261. The first-order chi connectivity index (χ1) is 15.2. The summed E-state index contributed by atoms with van der Waals surface area (Å²) in [5.74, 6) is 1.86. The molecule has 0 fully saturated rings. The molecule has 158 valence electrons. The van der Waals surface area contributed by atoms with E-state index in [1.165, 1.54) is 0 Å². The number of fused-ring (bicyclic) bond motifs is 2. The fourth-order valence-electron chi connectivity index (χ4n) is 3.73. The van der Waals surface area contributed by atoms with Crippen LogP contribution >= 0.6 is 11.3 Å². The monoisotopic (exact) mass is 434 g/mol. The zero-order chi connectivity index (χ0) is 21.2. The van der Waals surface area contributed by atoms with E-state index in [-0.39, 0.29) is 12.5 Å². The van der Waals surface area contributed by atoms with Gasteiger partial charge in [0, 0.05) is 5.56 Å². The van der Waals surface area contributed by atoms with E-state index in [4.69, 9.17) is 19.6 Å². The molecule has 7 nitrogen and oxygen atoms in total. The Hall–Kier alpha value is -3.39. The number of ether oxygens (including phenoxy) is 2. The van der Waals surface area contributed by atoms with Gasteiger partial charge in [-0.1, -0.05) is 23.5 Å². The van der Waals surface area contributed by atoms with Crippen LogP contribution in [0.3, 0.4) is 0 Å². The van der Waals surface area contributed by atoms with Gasteiger partial charge < -0.3 is 14.8 Å². The molecule has 0 saturated heterocycles. The van der Waals surface area contributed by atoms with Gasteiger partial charge in [0.2, 0.25) is 5.13 Å². The number of para-hydroxylation sites is 1. The maximum Gasteiger partial charge on any atom is 0.263 e. The lowest BCUT2D eigenvalue weighted by molar-refractivity contribution is -0.118. The molecule has 0 bridgehead atoms. The molecular formula is C23H22N4O3S. The topological polar surface area (TPSA) is 78.3 Å². The molecule has 1 N–H and O–H groups in total. The van der Waals surface area contributed by atoms with Gasteiger partial charge in [0.25, 0.3) is 5.91 Å². The summed E-state index contributed by atoms with van der Waals surface area (Å²) < 4.78 is 13.9. The van der Waals surface area contributed by atoms with E-state index < -0.39 is 0 Å². The van der Waals surface area contributed by atoms with Crippen molar-refractivity contribution < 1.29 is 14.3 Å². The lowest BCUT2D eigenvalue weighted by atomic mass is 10.2. The van der Waals surface area contributed by atoms with Gasteiger partial charge in [-0.25, -0.2) is 4.98 Å². The number of carbonyl (C=O) groups is 1. The SMILES string of the molecule is CCOc1ccc(OCC(=O)Nc2c3c(nn2-c2nc4ccccc4s2)CCC3)cc1. The van der Waals surface area contributed by atoms with Crippen LogP contribution in [0.4, 0.5) is 5.82 Å². The molecule has 0 atom stereocenters. The molecule has 5 rings (SSSR count). The lowest BCUT2D eigenvalue weighted by Gasteiger charge is -2.10. The van der Waals surface area contributed by atoms with Crippen LogP contribution in [0.5, 0.6) is 11.5 Å². The molecular weight excluding hydrogens is 412 g/mol. The van der Waals surface area contributed by atoms with Gasteiger partial charge in [-0.2, -0.15) is 9.78 Å². The highest BCUT2D eigenvalue weighted by molar-refractivity contribution is 7.20. The first-order valence-corrected chi connectivity index (χ1v) is 11.1. The van der Waals surface area contributed by atoms with Crippen molar-refractivity contribution >= 4 is 33.3 Å². The van der Waals surface area contributed by atoms with Crippen molar-refractivity contribution in [2.45, 2.75) is 26.2 Å². The number of amides is 1. The van der Waals surface area contributed by atoms with E-state index in [9.17, 15) is 4.79 Å². The zero-order valence-electron chi connectivity index (χ0n) is 17.1. The summed E-state index contributed by atoms with van der Waals surface area (Å²) >= 11 is 1.56. The second kappa shape index (κ2) is 8.39. The van der Waals surface area contributed by atoms with Crippen LogP contribution in [0, 0.1) is 0 Å². The van der Waals surface area contributed by atoms with Crippen LogP contribution in [-0.4, -0.2) is 33.9 Å². The highest BCUT2D eigenvalue weighted by atomic mass is 32.1. The molecule has 31 heavy (non-hydrogen) atoms. The lowest BCUT2D eigenvalue weighted by Crippen LogP contribution is -2.22. The number of thiazole rings is 1. The molecule has 2 aromatic heterocycles. The Labute approximate surface area is 183 Å². The van der Waals surface area contributed by atoms with Gasteiger partial charge in [0.1, 0.15) is 17.3 Å². The second-order valence-corrected chi connectivity index (χ2v) is 8.25. The summed E-state index contributed by atoms with van der Waals surface area (Å²) in [5, 5.41) is 8.51. The van der Waals surface area contributed by atoms with Crippen molar-refractivity contribution in [1.29, 1.82) is 0 Å². The van der Waals surface area contributed by atoms with Crippen LogP contribution < -0.4 is 14.8 Å². The summed E-state index contributed by atoms with van der Waals surface area (Å²) in [7, 11) is 0. The van der Waals surface area contributed by atoms with Crippen LogP contribution in [0.25, 0.3) is 15.3 Å². The number of hydrogen-bond acceptors (Lipinski definition) is 6. The van der Waals surface area contributed by atoms with Crippen molar-refractivity contribution in [3.63, 3.8) is 0 Å². The maximum absolute atomic E-state index is 12.7. The molecule has 0 saturated carbocycles. The van der Waals surface area contributed by atoms with Gasteiger partial charge in [-0.3, -0.25) is 4.79 Å². The smallest absolute Gasteiger partial charge is 0.263 e. The number of benzene rings is 2. The highest BCUT2D eigenvalue weighted by Gasteiger charge is 2.25. The predicted octanol–water partition coefficient (Wildman–Crippen LogP) is 4.39. The number of rotatable bonds is 7. The number of nitrogens with zero attached hydrogens (tertiary/aromatic N) is 3. The summed E-state index contributed by atoms with van der Waals surface area (Å²) in [4.78, 5) is 17.4. The Balaban J connectivity index is 1.34. The third-order valence-electron chi connectivity index (χ3n) is 5.13. The summed E-state index contributed by atoms with van der Waals surface area (Å²) in [6, 6.07) is 15.2. The molecule has 1 amide bonds. The average molecular weight is 435 g/mol. The number of hydrogen-bond donors (Lipinski definition) is 1. The number of nitrogens with one attached hydrogen (secondary N) is 1. The number of aromatic nitrogens is 3. The van der Waals surface area contributed by atoms with Gasteiger partial charge >= 0.3 is 0 Å². The summed E-state index contributed by atoms with van der Waals surface area (Å²) in [6.07, 6.45) is 2.86. The number of aryl methyl sites for hydroxylation is 1. The highest BCUT2D eigenvalue weighted by Crippen LogP contribution is 2.33. The van der Waals surface area contributed by atoms with Crippen LogP contribution in [-0.2, 0) is 17.6 Å².